The molecule has 2 rings (SSSR count). The van der Waals surface area contributed by atoms with Gasteiger partial charge in [0.15, 0.2) is 5.71 Å². The number of para-hydroxylation sites is 1. The summed E-state index contributed by atoms with van der Waals surface area (Å²) in [6.07, 6.45) is -0.581. The number of rotatable bonds is 2. The fraction of sp³-hybridized carbons (Fsp3) is 0.300. The van der Waals surface area contributed by atoms with Gasteiger partial charge in [0, 0.05) is 12.2 Å². The Bertz CT molecular complexity index is 362. The minimum absolute atomic E-state index is 0.433. The monoisotopic (exact) mass is 193 g/mol. The van der Waals surface area contributed by atoms with Gasteiger partial charge in [-0.2, -0.15) is 0 Å². The van der Waals surface area contributed by atoms with Crippen molar-refractivity contribution in [3.8, 4) is 5.75 Å². The summed E-state index contributed by atoms with van der Waals surface area (Å²) in [7, 11) is 0. The van der Waals surface area contributed by atoms with Gasteiger partial charge in [-0.15, -0.1) is 0 Å². The minimum atomic E-state index is -0.581. The maximum Gasteiger partial charge on any atom is 0.247 e. The van der Waals surface area contributed by atoms with E-state index >= 15 is 0 Å². The van der Waals surface area contributed by atoms with Crippen LogP contribution in [0.2, 0.25) is 0 Å². The van der Waals surface area contributed by atoms with Crippen LogP contribution in [0.15, 0.2) is 29.4 Å². The maximum atomic E-state index is 8.84. The molecule has 0 fully saturated rings. The molecule has 0 amide bonds. The number of hydrogen-bond donors (Lipinski definition) is 1. The number of nitrogens with zero attached hydrogens (tertiary/aromatic N) is 1. The van der Waals surface area contributed by atoms with Crippen LogP contribution in [-0.2, 0) is 4.74 Å². The van der Waals surface area contributed by atoms with E-state index in [2.05, 4.69) is 5.16 Å². The van der Waals surface area contributed by atoms with Gasteiger partial charge in [-0.3, -0.25) is 0 Å². The summed E-state index contributed by atoms with van der Waals surface area (Å²) in [5.74, 6) is 0.693. The number of ether oxygens (including phenoxy) is 2. The highest BCUT2D eigenvalue weighted by molar-refractivity contribution is 6.07. The molecule has 0 radical (unpaired) electrons. The van der Waals surface area contributed by atoms with Crippen LogP contribution >= 0.6 is 0 Å². The largest absolute Gasteiger partial charge is 0.458 e. The summed E-state index contributed by atoms with van der Waals surface area (Å²) in [6, 6.07) is 7.38. The third-order valence-corrected chi connectivity index (χ3v) is 2.05. The molecule has 0 saturated carbocycles. The van der Waals surface area contributed by atoms with Crippen LogP contribution in [0.5, 0.6) is 5.75 Å². The Morgan fingerprint density at radius 1 is 1.50 bits per heavy atom. The highest BCUT2D eigenvalue weighted by Gasteiger charge is 2.30. The van der Waals surface area contributed by atoms with E-state index in [1.807, 2.05) is 31.2 Å². The lowest BCUT2D eigenvalue weighted by molar-refractivity contribution is -0.0197. The van der Waals surface area contributed by atoms with Crippen molar-refractivity contribution >= 4 is 5.71 Å². The van der Waals surface area contributed by atoms with Crippen LogP contribution in [0, 0.1) is 0 Å². The van der Waals surface area contributed by atoms with Gasteiger partial charge in [0.05, 0.1) is 0 Å². The second-order valence-corrected chi connectivity index (χ2v) is 2.89. The molecule has 1 unspecified atom stereocenters. The minimum Gasteiger partial charge on any atom is -0.458 e. The predicted molar refractivity (Wildman–Crippen MR) is 50.8 cm³/mol. The summed E-state index contributed by atoms with van der Waals surface area (Å²) in [5, 5.41) is 12.0. The molecule has 74 valence electrons. The predicted octanol–water partition coefficient (Wildman–Crippen LogP) is 1.62. The van der Waals surface area contributed by atoms with E-state index in [-0.39, 0.29) is 0 Å². The van der Waals surface area contributed by atoms with Crippen LogP contribution in [0.1, 0.15) is 12.5 Å². The molecule has 1 heterocycles. The van der Waals surface area contributed by atoms with Crippen LogP contribution in [0.4, 0.5) is 0 Å². The van der Waals surface area contributed by atoms with Gasteiger partial charge >= 0.3 is 0 Å². The average molecular weight is 193 g/mol. The van der Waals surface area contributed by atoms with Crippen molar-refractivity contribution in [1.29, 1.82) is 0 Å². The van der Waals surface area contributed by atoms with E-state index in [1.54, 1.807) is 0 Å². The molecule has 4 heteroatoms. The van der Waals surface area contributed by atoms with Crippen LogP contribution < -0.4 is 4.74 Å². The number of fused-ring (bicyclic) bond motifs is 1. The van der Waals surface area contributed by atoms with Gasteiger partial charge in [0.25, 0.3) is 0 Å². The number of hydrogen-bond acceptors (Lipinski definition) is 4. The van der Waals surface area contributed by atoms with E-state index in [4.69, 9.17) is 14.7 Å². The lowest BCUT2D eigenvalue weighted by atomic mass is 10.1. The van der Waals surface area contributed by atoms with E-state index in [1.165, 1.54) is 0 Å². The second-order valence-electron chi connectivity index (χ2n) is 2.89. The first-order valence-corrected chi connectivity index (χ1v) is 4.46. The summed E-state index contributed by atoms with van der Waals surface area (Å²) in [5.41, 5.74) is 1.22. The summed E-state index contributed by atoms with van der Waals surface area (Å²) in [6.45, 7) is 2.37. The fourth-order valence-corrected chi connectivity index (χ4v) is 1.44. The average Bonchev–Trinajstić information content (AvgIpc) is 2.55. The molecule has 14 heavy (non-hydrogen) atoms. The van der Waals surface area contributed by atoms with Crippen molar-refractivity contribution in [2.75, 3.05) is 6.61 Å². The SMILES string of the molecule is CCOC1Oc2ccccc2C1=NO. The number of oxime groups is 1. The quantitative estimate of drug-likeness (QED) is 0.573. The molecule has 1 atom stereocenters. The van der Waals surface area contributed by atoms with Crippen molar-refractivity contribution in [3.05, 3.63) is 29.8 Å². The summed E-state index contributed by atoms with van der Waals surface area (Å²) in [4.78, 5) is 0. The molecule has 0 aromatic heterocycles. The molecule has 0 saturated heterocycles. The molecule has 0 bridgehead atoms. The lowest BCUT2D eigenvalue weighted by Crippen LogP contribution is -2.24. The van der Waals surface area contributed by atoms with Gasteiger partial charge in [0.2, 0.25) is 6.29 Å². The van der Waals surface area contributed by atoms with Gasteiger partial charge in [-0.05, 0) is 19.1 Å². The topological polar surface area (TPSA) is 51.0 Å². The molecule has 1 N–H and O–H groups in total. The molecule has 1 aliphatic rings. The normalized spacial score (nSPS) is 22.1. The standard InChI is InChI=1S/C10H11NO3/c1-2-13-10-9(11-12)7-5-3-4-6-8(7)14-10/h3-6,10,12H,2H2,1H3. The second kappa shape index (κ2) is 3.67. The first-order valence-electron chi connectivity index (χ1n) is 4.46. The molecule has 0 spiro atoms. The molecule has 0 aliphatic carbocycles. The summed E-state index contributed by atoms with van der Waals surface area (Å²) < 4.78 is 10.7. The fourth-order valence-electron chi connectivity index (χ4n) is 1.44. The Morgan fingerprint density at radius 2 is 2.29 bits per heavy atom. The van der Waals surface area contributed by atoms with Gasteiger partial charge < -0.3 is 14.7 Å². The van der Waals surface area contributed by atoms with E-state index in [0.29, 0.717) is 18.1 Å². The molecule has 1 aromatic rings. The lowest BCUT2D eigenvalue weighted by Gasteiger charge is -2.09. The maximum absolute atomic E-state index is 8.84. The van der Waals surface area contributed by atoms with Crippen molar-refractivity contribution in [2.45, 2.75) is 13.2 Å². The molecular formula is C10H11NO3. The van der Waals surface area contributed by atoms with Gasteiger partial charge in [-0.1, -0.05) is 17.3 Å². The highest BCUT2D eigenvalue weighted by atomic mass is 16.7. The van der Waals surface area contributed by atoms with E-state index < -0.39 is 6.29 Å². The Morgan fingerprint density at radius 3 is 3.00 bits per heavy atom. The van der Waals surface area contributed by atoms with Crippen molar-refractivity contribution in [2.24, 2.45) is 5.16 Å². The smallest absolute Gasteiger partial charge is 0.247 e. The van der Waals surface area contributed by atoms with Crippen molar-refractivity contribution in [3.63, 3.8) is 0 Å². The van der Waals surface area contributed by atoms with Crippen molar-refractivity contribution < 1.29 is 14.7 Å². The molecule has 1 aliphatic heterocycles. The van der Waals surface area contributed by atoms with E-state index in [0.717, 1.165) is 5.56 Å². The van der Waals surface area contributed by atoms with Crippen LogP contribution in [-0.4, -0.2) is 23.8 Å². The molecule has 4 nitrogen and oxygen atoms in total. The van der Waals surface area contributed by atoms with Crippen molar-refractivity contribution in [1.82, 2.24) is 0 Å². The number of benzene rings is 1. The zero-order valence-corrected chi connectivity index (χ0v) is 7.80. The Kier molecular flexibility index (Phi) is 2.37. The van der Waals surface area contributed by atoms with Gasteiger partial charge in [-0.25, -0.2) is 0 Å². The Hall–Kier alpha value is -1.55. The highest BCUT2D eigenvalue weighted by Crippen LogP contribution is 2.29. The van der Waals surface area contributed by atoms with Gasteiger partial charge in [0.1, 0.15) is 5.75 Å². The zero-order valence-electron chi connectivity index (χ0n) is 7.80. The molecular weight excluding hydrogens is 182 g/mol. The zero-order chi connectivity index (χ0) is 9.97. The Balaban J connectivity index is 2.34. The Labute approximate surface area is 81.8 Å². The van der Waals surface area contributed by atoms with E-state index in [9.17, 15) is 0 Å². The van der Waals surface area contributed by atoms with Crippen LogP contribution in [0.25, 0.3) is 0 Å². The van der Waals surface area contributed by atoms with Crippen LogP contribution in [0.3, 0.4) is 0 Å². The third-order valence-electron chi connectivity index (χ3n) is 2.05. The third kappa shape index (κ3) is 1.33. The summed E-state index contributed by atoms with van der Waals surface area (Å²) >= 11 is 0. The molecule has 1 aromatic carbocycles. The first-order chi connectivity index (χ1) is 6.86. The first kappa shape index (κ1) is 9.02.